The van der Waals surface area contributed by atoms with E-state index < -0.39 is 48.4 Å². The van der Waals surface area contributed by atoms with Gasteiger partial charge in [-0.1, -0.05) is 0 Å². The molecule has 0 saturated carbocycles. The van der Waals surface area contributed by atoms with Gasteiger partial charge in [-0.25, -0.2) is 4.79 Å². The van der Waals surface area contributed by atoms with Gasteiger partial charge in [0.15, 0.2) is 5.60 Å². The van der Waals surface area contributed by atoms with Crippen LogP contribution in [0.1, 0.15) is 19.3 Å². The van der Waals surface area contributed by atoms with Gasteiger partial charge in [-0.05, 0) is 0 Å². The first-order valence-corrected chi connectivity index (χ1v) is 6.67. The van der Waals surface area contributed by atoms with E-state index in [1.165, 1.54) is 0 Å². The molecule has 0 spiro atoms. The molecule has 0 aliphatic heterocycles. The summed E-state index contributed by atoms with van der Waals surface area (Å²) in [5.74, 6) is -6.22. The van der Waals surface area contributed by atoms with Crippen molar-refractivity contribution in [3.63, 3.8) is 0 Å². The molecule has 0 aromatic rings. The van der Waals surface area contributed by atoms with Crippen molar-refractivity contribution in [3.8, 4) is 0 Å². The highest BCUT2D eigenvalue weighted by Crippen LogP contribution is 2.15. The molecular formula is C13H25MgNO10. The number of carbonyl (C=O) groups excluding carboxylic acids is 1. The number of nitrogens with zero attached hydrogens (tertiary/aromatic N) is 1. The van der Waals surface area contributed by atoms with Crippen LogP contribution in [0, 0.1) is 0 Å². The van der Waals surface area contributed by atoms with E-state index in [0.29, 0.717) is 11.0 Å². The first kappa shape index (κ1) is 28.3. The van der Waals surface area contributed by atoms with Gasteiger partial charge in [0.05, 0.1) is 34.0 Å². The number of hydrogen-bond donors (Lipinski definition) is 5. The molecule has 0 aromatic carbocycles. The average molecular weight is 380 g/mol. The molecule has 25 heavy (non-hydrogen) atoms. The predicted octanol–water partition coefficient (Wildman–Crippen LogP) is -3.97. The maximum atomic E-state index is 10.3. The average Bonchev–Trinajstić information content (AvgIpc) is 2.22. The molecule has 0 radical (unpaired) electrons. The Morgan fingerprint density at radius 1 is 1.00 bits per heavy atom. The molecule has 0 heterocycles. The Morgan fingerprint density at radius 3 is 1.56 bits per heavy atom. The summed E-state index contributed by atoms with van der Waals surface area (Å²) in [5, 5.41) is 52.9. The number of aliphatic hydroxyl groups excluding tert-OH is 1. The summed E-state index contributed by atoms with van der Waals surface area (Å²) in [6.07, 6.45) is -3.38. The first-order valence-electron chi connectivity index (χ1n) is 6.67. The minimum Gasteiger partial charge on any atom is -0.550 e. The number of likely N-dealkylation sites (N-methyl/N-ethyl adjacent to an activating group) is 1. The van der Waals surface area contributed by atoms with E-state index >= 15 is 0 Å². The Labute approximate surface area is 160 Å². The zero-order chi connectivity index (χ0) is 19.7. The highest BCUT2D eigenvalue weighted by molar-refractivity contribution is 5.88. The normalized spacial score (nSPS) is 12.0. The van der Waals surface area contributed by atoms with Crippen molar-refractivity contribution in [1.82, 2.24) is 0 Å². The molecule has 0 aliphatic carbocycles. The second kappa shape index (κ2) is 12.0. The van der Waals surface area contributed by atoms with Crippen molar-refractivity contribution in [3.05, 3.63) is 0 Å². The number of hydrogen-bond acceptors (Lipinski definition) is 7. The fraction of sp³-hybridized carbons (Fsp3) is 0.692. The second-order valence-electron chi connectivity index (χ2n) is 6.18. The number of rotatable bonds is 9. The fourth-order valence-corrected chi connectivity index (χ4v) is 1.60. The van der Waals surface area contributed by atoms with Crippen LogP contribution >= 0.6 is 0 Å². The quantitative estimate of drug-likeness (QED) is 0.195. The van der Waals surface area contributed by atoms with Crippen LogP contribution in [0.2, 0.25) is 0 Å². The summed E-state index contributed by atoms with van der Waals surface area (Å²) >= 11 is 0. The molecule has 11 nitrogen and oxygen atoms in total. The van der Waals surface area contributed by atoms with Gasteiger partial charge in [-0.2, -0.15) is 0 Å². The highest BCUT2D eigenvalue weighted by atomic mass is 24.3. The van der Waals surface area contributed by atoms with Gasteiger partial charge in [0.1, 0.15) is 12.6 Å². The summed E-state index contributed by atoms with van der Waals surface area (Å²) in [6, 6.07) is 0. The molecule has 5 N–H and O–H groups in total. The van der Waals surface area contributed by atoms with Gasteiger partial charge < -0.3 is 39.9 Å². The largest absolute Gasteiger partial charge is 0.550 e. The van der Waals surface area contributed by atoms with E-state index in [-0.39, 0.29) is 29.5 Å². The lowest BCUT2D eigenvalue weighted by Gasteiger charge is -2.26. The van der Waals surface area contributed by atoms with Crippen molar-refractivity contribution < 1.29 is 54.3 Å². The first-order chi connectivity index (χ1) is 10.6. The van der Waals surface area contributed by atoms with Crippen LogP contribution in [-0.4, -0.2) is 116 Å². The molecule has 0 aromatic heterocycles. The minimum absolute atomic E-state index is 0. The lowest BCUT2D eigenvalue weighted by atomic mass is 9.96. The molecule has 0 fully saturated rings. The van der Waals surface area contributed by atoms with Crippen LogP contribution < -0.4 is 5.11 Å². The summed E-state index contributed by atoms with van der Waals surface area (Å²) in [4.78, 5) is 40.5. The standard InChI is InChI=1S/C7H15NO3.C6H8O7.Mg.2H/c1-8(2,3)5-6(9)4-7(10)11;7-3(8)1-6(13,5(11)12)2-4(9)10;;;/h6,9H,4-5H2,1-3H3;13H,1-2H2,(H,7,8)(H,9,10)(H,11,12);;;. The topological polar surface area (TPSA) is 192 Å². The van der Waals surface area contributed by atoms with Crippen molar-refractivity contribution >= 4 is 46.9 Å². The van der Waals surface area contributed by atoms with E-state index in [0.717, 1.165) is 0 Å². The monoisotopic (exact) mass is 379 g/mol. The van der Waals surface area contributed by atoms with Gasteiger partial charge >= 0.3 is 41.0 Å². The van der Waals surface area contributed by atoms with Crippen molar-refractivity contribution in [2.24, 2.45) is 0 Å². The van der Waals surface area contributed by atoms with Gasteiger partial charge in [0.25, 0.3) is 0 Å². The summed E-state index contributed by atoms with van der Waals surface area (Å²) < 4.78 is 0.550. The van der Waals surface area contributed by atoms with Gasteiger partial charge in [-0.3, -0.25) is 9.59 Å². The van der Waals surface area contributed by atoms with Gasteiger partial charge in [0.2, 0.25) is 0 Å². The van der Waals surface area contributed by atoms with Crippen LogP contribution in [0.5, 0.6) is 0 Å². The lowest BCUT2D eigenvalue weighted by Crippen LogP contribution is -2.43. The highest BCUT2D eigenvalue weighted by Gasteiger charge is 2.40. The van der Waals surface area contributed by atoms with Crippen molar-refractivity contribution in [1.29, 1.82) is 0 Å². The van der Waals surface area contributed by atoms with E-state index in [1.54, 1.807) is 0 Å². The van der Waals surface area contributed by atoms with E-state index in [1.807, 2.05) is 21.1 Å². The summed E-state index contributed by atoms with van der Waals surface area (Å²) in [6.45, 7) is 0.425. The van der Waals surface area contributed by atoms with Gasteiger partial charge in [0, 0.05) is 12.4 Å². The molecule has 1 unspecified atom stereocenters. The molecule has 0 rings (SSSR count). The Kier molecular flexibility index (Phi) is 13.6. The Bertz CT molecular complexity index is 458. The van der Waals surface area contributed by atoms with E-state index in [2.05, 4.69) is 0 Å². The molecule has 12 heteroatoms. The second-order valence-corrected chi connectivity index (χ2v) is 6.18. The third-order valence-corrected chi connectivity index (χ3v) is 2.45. The van der Waals surface area contributed by atoms with E-state index in [9.17, 15) is 24.3 Å². The fourth-order valence-electron chi connectivity index (χ4n) is 1.60. The molecule has 0 aliphatic rings. The van der Waals surface area contributed by atoms with Crippen LogP contribution in [0.25, 0.3) is 0 Å². The molecule has 0 bridgehead atoms. The number of carboxylic acid groups (broad SMARTS) is 4. The third kappa shape index (κ3) is 17.1. The molecule has 144 valence electrons. The predicted molar refractivity (Wildman–Crippen MR) is 84.2 cm³/mol. The molecule has 1 atom stereocenters. The molecule has 0 amide bonds. The summed E-state index contributed by atoms with van der Waals surface area (Å²) in [7, 11) is 5.66. The number of quaternary nitrogens is 1. The lowest BCUT2D eigenvalue weighted by molar-refractivity contribution is -0.873. The maximum absolute atomic E-state index is 10.3. The molecule has 0 saturated heterocycles. The number of carbonyl (C=O) groups is 4. The SMILES string of the molecule is C[N+](C)(C)CC(O)CC(=O)[O-].O=C(O)CC(O)(CC(=O)O)C(=O)O.[MgH2]. The molecular weight excluding hydrogens is 354 g/mol. The van der Waals surface area contributed by atoms with Crippen molar-refractivity contribution in [2.45, 2.75) is 31.0 Å². The Hall–Kier alpha value is -1.47. The zero-order valence-corrected chi connectivity index (χ0v) is 13.6. The van der Waals surface area contributed by atoms with E-state index in [4.69, 9.17) is 25.5 Å². The van der Waals surface area contributed by atoms with Crippen LogP contribution in [0.3, 0.4) is 0 Å². The third-order valence-electron chi connectivity index (χ3n) is 2.45. The number of carboxylic acids is 4. The van der Waals surface area contributed by atoms with Crippen LogP contribution in [-0.2, 0) is 19.2 Å². The summed E-state index contributed by atoms with van der Waals surface area (Å²) in [5.41, 5.74) is -2.74. The van der Waals surface area contributed by atoms with Crippen LogP contribution in [0.15, 0.2) is 0 Å². The maximum Gasteiger partial charge on any atom is 0.336 e. The minimum atomic E-state index is -2.74. The Balaban J connectivity index is -0.000000377. The zero-order valence-electron chi connectivity index (χ0n) is 13.6. The Morgan fingerprint density at radius 2 is 1.36 bits per heavy atom. The smallest absolute Gasteiger partial charge is 0.336 e. The number of aliphatic carboxylic acids is 4. The number of aliphatic hydroxyl groups is 2. The van der Waals surface area contributed by atoms with Gasteiger partial charge in [-0.15, -0.1) is 0 Å². The van der Waals surface area contributed by atoms with Crippen molar-refractivity contribution in [2.75, 3.05) is 27.7 Å². The van der Waals surface area contributed by atoms with Crippen LogP contribution in [0.4, 0.5) is 0 Å².